The highest BCUT2D eigenvalue weighted by Crippen LogP contribution is 2.39. The monoisotopic (exact) mass is 504 g/mol. The van der Waals surface area contributed by atoms with Crippen LogP contribution in [0.5, 0.6) is 0 Å². The molecule has 36 heavy (non-hydrogen) atoms. The number of nitrogens with one attached hydrogen (secondary N) is 2. The van der Waals surface area contributed by atoms with Crippen molar-refractivity contribution in [3.05, 3.63) is 71.0 Å². The molecule has 2 aromatic carbocycles. The third-order valence-corrected chi connectivity index (χ3v) is 7.19. The second kappa shape index (κ2) is 9.22. The molecule has 2 aliphatic rings. The summed E-state index contributed by atoms with van der Waals surface area (Å²) in [6, 6.07) is 13.2. The Morgan fingerprint density at radius 3 is 2.47 bits per heavy atom. The molecule has 4 aromatic rings. The van der Waals surface area contributed by atoms with E-state index in [1.165, 1.54) is 0 Å². The Bertz CT molecular complexity index is 1530. The van der Waals surface area contributed by atoms with Gasteiger partial charge >= 0.3 is 0 Å². The topological polar surface area (TPSA) is 99.6 Å². The Morgan fingerprint density at radius 2 is 1.67 bits per heavy atom. The quantitative estimate of drug-likeness (QED) is 0.350. The van der Waals surface area contributed by atoms with Crippen molar-refractivity contribution >= 4 is 56.4 Å². The van der Waals surface area contributed by atoms with E-state index in [0.717, 1.165) is 29.4 Å². The molecule has 2 aliphatic heterocycles. The molecular weight excluding hydrogens is 480 g/mol. The molecule has 1 saturated heterocycles. The largest absolute Gasteiger partial charge is 0.390 e. The van der Waals surface area contributed by atoms with Crippen molar-refractivity contribution in [1.29, 1.82) is 0 Å². The number of carbonyl (C=O) groups is 2. The van der Waals surface area contributed by atoms with Crippen LogP contribution in [0.2, 0.25) is 5.02 Å². The molecule has 1 unspecified atom stereocenters. The average molecular weight is 505 g/mol. The van der Waals surface area contributed by atoms with Crippen LogP contribution < -0.4 is 5.32 Å². The van der Waals surface area contributed by atoms with Gasteiger partial charge < -0.3 is 19.4 Å². The molecular formula is C27H25ClN4O4. The summed E-state index contributed by atoms with van der Waals surface area (Å²) < 4.78 is 7.28. The molecule has 8 nitrogen and oxygen atoms in total. The van der Waals surface area contributed by atoms with Gasteiger partial charge in [0.25, 0.3) is 11.8 Å². The van der Waals surface area contributed by atoms with Crippen molar-refractivity contribution in [1.82, 2.24) is 19.8 Å². The highest BCUT2D eigenvalue weighted by molar-refractivity contribution is 6.51. The first-order chi connectivity index (χ1) is 17.5. The lowest BCUT2D eigenvalue weighted by Crippen LogP contribution is -2.41. The minimum absolute atomic E-state index is 0.294. The first kappa shape index (κ1) is 23.0. The van der Waals surface area contributed by atoms with E-state index in [-0.39, 0.29) is 0 Å². The van der Waals surface area contributed by atoms with Crippen LogP contribution in [0.1, 0.15) is 11.1 Å². The lowest BCUT2D eigenvalue weighted by molar-refractivity contribution is -0.122. The Labute approximate surface area is 212 Å². The number of rotatable bonds is 6. The first-order valence-corrected chi connectivity index (χ1v) is 12.3. The van der Waals surface area contributed by atoms with Crippen LogP contribution in [-0.2, 0) is 20.9 Å². The van der Waals surface area contributed by atoms with Gasteiger partial charge in [-0.15, -0.1) is 0 Å². The van der Waals surface area contributed by atoms with Gasteiger partial charge in [0.05, 0.1) is 41.0 Å². The maximum absolute atomic E-state index is 13.1. The van der Waals surface area contributed by atoms with E-state index in [1.807, 2.05) is 47.2 Å². The number of halogens is 1. The smallest absolute Gasteiger partial charge is 0.259 e. The van der Waals surface area contributed by atoms with Crippen molar-refractivity contribution in [2.45, 2.75) is 12.6 Å². The Morgan fingerprint density at radius 1 is 0.944 bits per heavy atom. The number of benzene rings is 2. The number of carbonyl (C=O) groups excluding carboxylic acids is 2. The average Bonchev–Trinajstić information content (AvgIpc) is 3.53. The van der Waals surface area contributed by atoms with Gasteiger partial charge in [-0.1, -0.05) is 41.9 Å². The maximum Gasteiger partial charge on any atom is 0.259 e. The van der Waals surface area contributed by atoms with Crippen LogP contribution in [0.25, 0.3) is 33.0 Å². The molecule has 1 fully saturated rings. The number of aromatic amines is 1. The molecule has 1 atom stereocenters. The summed E-state index contributed by atoms with van der Waals surface area (Å²) in [7, 11) is 0. The summed E-state index contributed by atoms with van der Waals surface area (Å²) >= 11 is 6.62. The number of hydrogen-bond donors (Lipinski definition) is 3. The molecule has 0 bridgehead atoms. The van der Waals surface area contributed by atoms with Crippen LogP contribution >= 0.6 is 11.6 Å². The predicted molar refractivity (Wildman–Crippen MR) is 138 cm³/mol. The van der Waals surface area contributed by atoms with E-state index < -0.39 is 17.9 Å². The summed E-state index contributed by atoms with van der Waals surface area (Å²) in [6.45, 7) is 3.66. The van der Waals surface area contributed by atoms with Crippen LogP contribution in [0.4, 0.5) is 0 Å². The predicted octanol–water partition coefficient (Wildman–Crippen LogP) is 3.04. The van der Waals surface area contributed by atoms with Crippen molar-refractivity contribution in [2.75, 3.05) is 32.8 Å². The molecule has 2 aromatic heterocycles. The second-order valence-corrected chi connectivity index (χ2v) is 9.59. The maximum atomic E-state index is 13.1. The zero-order valence-electron chi connectivity index (χ0n) is 19.5. The number of imide groups is 1. The number of aliphatic hydroxyl groups excluding tert-OH is 1. The van der Waals surface area contributed by atoms with E-state index in [9.17, 15) is 14.7 Å². The number of amides is 2. The summed E-state index contributed by atoms with van der Waals surface area (Å²) in [5.74, 6) is -0.886. The van der Waals surface area contributed by atoms with Gasteiger partial charge in [-0.25, -0.2) is 0 Å². The van der Waals surface area contributed by atoms with Crippen LogP contribution in [0, 0.1) is 0 Å². The Hall–Kier alpha value is -3.43. The van der Waals surface area contributed by atoms with Crippen molar-refractivity contribution in [3.8, 4) is 0 Å². The van der Waals surface area contributed by atoms with E-state index in [2.05, 4.69) is 15.2 Å². The van der Waals surface area contributed by atoms with Crippen LogP contribution in [0.3, 0.4) is 0 Å². The Kier molecular flexibility index (Phi) is 5.89. The fourth-order valence-electron chi connectivity index (χ4n) is 5.27. The van der Waals surface area contributed by atoms with Crippen LogP contribution in [-0.4, -0.2) is 70.3 Å². The summed E-state index contributed by atoms with van der Waals surface area (Å²) in [4.78, 5) is 31.5. The summed E-state index contributed by atoms with van der Waals surface area (Å²) in [5, 5.41) is 15.5. The number of para-hydroxylation sites is 2. The van der Waals surface area contributed by atoms with Gasteiger partial charge in [0.15, 0.2) is 0 Å². The molecule has 6 rings (SSSR count). The third kappa shape index (κ3) is 3.92. The van der Waals surface area contributed by atoms with E-state index >= 15 is 0 Å². The lowest BCUT2D eigenvalue weighted by atomic mass is 9.95. The summed E-state index contributed by atoms with van der Waals surface area (Å²) in [5.41, 5.74) is 3.49. The zero-order valence-corrected chi connectivity index (χ0v) is 20.2. The fraction of sp³-hybridized carbons (Fsp3) is 0.259. The number of H-pyrrole nitrogens is 1. The van der Waals surface area contributed by atoms with Gasteiger partial charge in [0, 0.05) is 66.0 Å². The number of morpholine rings is 1. The minimum Gasteiger partial charge on any atom is -0.390 e. The molecule has 184 valence electrons. The van der Waals surface area contributed by atoms with Crippen LogP contribution in [0.15, 0.2) is 54.9 Å². The molecule has 9 heteroatoms. The molecule has 0 radical (unpaired) electrons. The first-order valence-electron chi connectivity index (χ1n) is 11.9. The number of nitrogens with zero attached hydrogens (tertiary/aromatic N) is 2. The molecule has 0 aliphatic carbocycles. The van der Waals surface area contributed by atoms with Crippen molar-refractivity contribution in [2.24, 2.45) is 0 Å². The van der Waals surface area contributed by atoms with Crippen molar-refractivity contribution < 1.29 is 19.4 Å². The zero-order chi connectivity index (χ0) is 24.8. The lowest BCUT2D eigenvalue weighted by Gasteiger charge is -2.28. The SMILES string of the molecule is O=C1NC(=O)C(c2cn(CC(O)CN3CCOCC3)c3c(Cl)cccc23)=C1c1c[nH]c2ccccc12. The number of β-amino-alcohol motifs (C(OH)–C–C–N with tert-alkyl or cyclic N) is 1. The number of hydrogen-bond acceptors (Lipinski definition) is 5. The van der Waals surface area contributed by atoms with Crippen molar-refractivity contribution in [3.63, 3.8) is 0 Å². The molecule has 0 saturated carbocycles. The number of aliphatic hydroxyl groups is 1. The highest BCUT2D eigenvalue weighted by atomic mass is 35.5. The van der Waals surface area contributed by atoms with E-state index in [1.54, 1.807) is 12.3 Å². The second-order valence-electron chi connectivity index (χ2n) is 9.18. The molecule has 4 heterocycles. The van der Waals surface area contributed by atoms with Gasteiger partial charge in [0.1, 0.15) is 0 Å². The number of ether oxygens (including phenoxy) is 1. The van der Waals surface area contributed by atoms with E-state index in [0.29, 0.717) is 59.1 Å². The highest BCUT2D eigenvalue weighted by Gasteiger charge is 2.35. The number of fused-ring (bicyclic) bond motifs is 2. The molecule has 3 N–H and O–H groups in total. The Balaban J connectivity index is 1.47. The summed E-state index contributed by atoms with van der Waals surface area (Å²) in [6.07, 6.45) is 2.93. The van der Waals surface area contributed by atoms with E-state index in [4.69, 9.17) is 16.3 Å². The normalized spacial score (nSPS) is 17.9. The van der Waals surface area contributed by atoms with Gasteiger partial charge in [0.2, 0.25) is 0 Å². The molecule has 2 amide bonds. The van der Waals surface area contributed by atoms with Gasteiger partial charge in [-0.2, -0.15) is 0 Å². The number of aromatic nitrogens is 2. The minimum atomic E-state index is -0.649. The fourth-order valence-corrected chi connectivity index (χ4v) is 5.55. The third-order valence-electron chi connectivity index (χ3n) is 6.89. The molecule has 0 spiro atoms. The van der Waals surface area contributed by atoms with Gasteiger partial charge in [-0.3, -0.25) is 19.8 Å². The van der Waals surface area contributed by atoms with Gasteiger partial charge in [-0.05, 0) is 12.1 Å². The standard InChI is InChI=1S/C27H25ClN4O4/c28-21-6-3-5-18-20(15-32(25(18)21)14-16(33)13-31-8-10-36-11-9-31)24-23(26(34)30-27(24)35)19-12-29-22-7-2-1-4-17(19)22/h1-7,12,15-16,29,33H,8-11,13-14H2,(H,30,34,35).